The number of aliphatic carboxylic acids is 1. The molecule has 1 aromatic rings. The van der Waals surface area contributed by atoms with Crippen molar-refractivity contribution in [2.75, 3.05) is 6.54 Å². The average Bonchev–Trinajstić information content (AvgIpc) is 3.63. The molecule has 5 N–H and O–H groups in total. The SMILES string of the molecule is CCCC(NC(=O)C1[C@H]2CCC[C@H]2CN1C(=O)[C@@H](NC(=O)[C@H](NC=O)C(C)C)C(C)C)C(=O)C(=O)N[C@H](Cc1ccccc1)C(=O)O. The van der Waals surface area contributed by atoms with Crippen molar-refractivity contribution in [3.8, 4) is 0 Å². The highest BCUT2D eigenvalue weighted by Gasteiger charge is 2.51. The molecule has 5 amide bonds. The quantitative estimate of drug-likeness (QED) is 0.122. The molecule has 0 spiro atoms. The van der Waals surface area contributed by atoms with Crippen molar-refractivity contribution in [3.05, 3.63) is 35.9 Å². The van der Waals surface area contributed by atoms with Gasteiger partial charge in [0.15, 0.2) is 0 Å². The predicted octanol–water partition coefficient (Wildman–Crippen LogP) is 1.19. The van der Waals surface area contributed by atoms with Crippen molar-refractivity contribution >= 4 is 41.8 Å². The predicted molar refractivity (Wildman–Crippen MR) is 172 cm³/mol. The van der Waals surface area contributed by atoms with Gasteiger partial charge in [-0.2, -0.15) is 0 Å². The molecule has 1 aromatic carbocycles. The van der Waals surface area contributed by atoms with Crippen molar-refractivity contribution in [2.24, 2.45) is 23.7 Å². The first-order chi connectivity index (χ1) is 22.3. The number of ketones is 1. The van der Waals surface area contributed by atoms with Crippen molar-refractivity contribution in [1.82, 2.24) is 26.2 Å². The second kappa shape index (κ2) is 17.0. The molecule has 0 aromatic heterocycles. The first-order valence-corrected chi connectivity index (χ1v) is 16.5. The third-order valence-corrected chi connectivity index (χ3v) is 9.19. The normalized spacial score (nSPS) is 21.3. The minimum atomic E-state index is -1.35. The first kappa shape index (κ1) is 37.2. The zero-order valence-electron chi connectivity index (χ0n) is 27.9. The van der Waals surface area contributed by atoms with Gasteiger partial charge in [0, 0.05) is 13.0 Å². The second-order valence-corrected chi connectivity index (χ2v) is 13.3. The molecule has 7 atom stereocenters. The number of carbonyl (C=O) groups excluding carboxylic acids is 6. The zero-order chi connectivity index (χ0) is 34.8. The Kier molecular flexibility index (Phi) is 13.5. The van der Waals surface area contributed by atoms with Gasteiger partial charge in [-0.3, -0.25) is 28.8 Å². The Morgan fingerprint density at radius 1 is 0.915 bits per heavy atom. The third kappa shape index (κ3) is 9.39. The molecule has 0 radical (unpaired) electrons. The number of carboxylic acid groups (broad SMARTS) is 1. The Balaban J connectivity index is 1.79. The number of carbonyl (C=O) groups is 7. The van der Waals surface area contributed by atoms with Crippen LogP contribution < -0.4 is 21.3 Å². The van der Waals surface area contributed by atoms with Crippen LogP contribution >= 0.6 is 0 Å². The number of carboxylic acids is 1. The first-order valence-electron chi connectivity index (χ1n) is 16.5. The highest BCUT2D eigenvalue weighted by atomic mass is 16.4. The molecule has 0 bridgehead atoms. The number of hydrogen-bond acceptors (Lipinski definition) is 7. The minimum Gasteiger partial charge on any atom is -0.480 e. The Morgan fingerprint density at radius 2 is 1.57 bits per heavy atom. The maximum atomic E-state index is 14.1. The summed E-state index contributed by atoms with van der Waals surface area (Å²) in [5.74, 6) is -5.55. The van der Waals surface area contributed by atoms with Gasteiger partial charge in [0.25, 0.3) is 5.91 Å². The van der Waals surface area contributed by atoms with Crippen LogP contribution in [0, 0.1) is 23.7 Å². The van der Waals surface area contributed by atoms with Gasteiger partial charge in [0.2, 0.25) is 29.9 Å². The summed E-state index contributed by atoms with van der Waals surface area (Å²) in [6.07, 6.45) is 3.41. The van der Waals surface area contributed by atoms with Crippen LogP contribution in [-0.4, -0.2) is 88.6 Å². The molecule has 1 aliphatic carbocycles. The Bertz CT molecular complexity index is 1300. The van der Waals surface area contributed by atoms with E-state index in [4.69, 9.17) is 0 Å². The smallest absolute Gasteiger partial charge is 0.326 e. The van der Waals surface area contributed by atoms with Gasteiger partial charge in [-0.05, 0) is 48.5 Å². The summed E-state index contributed by atoms with van der Waals surface area (Å²) in [7, 11) is 0. The number of rotatable bonds is 17. The molecule has 1 aliphatic heterocycles. The van der Waals surface area contributed by atoms with Gasteiger partial charge in [-0.25, -0.2) is 4.79 Å². The van der Waals surface area contributed by atoms with E-state index in [9.17, 15) is 38.7 Å². The minimum absolute atomic E-state index is 0.0289. The summed E-state index contributed by atoms with van der Waals surface area (Å²) < 4.78 is 0. The van der Waals surface area contributed by atoms with Crippen LogP contribution in [-0.2, 0) is 40.0 Å². The van der Waals surface area contributed by atoms with E-state index in [-0.39, 0.29) is 36.5 Å². The lowest BCUT2D eigenvalue weighted by Gasteiger charge is -2.33. The van der Waals surface area contributed by atoms with E-state index >= 15 is 0 Å². The standard InChI is InChI=1S/C34H49N5O8/c1-6-11-24(29(41)32(44)37-25(34(46)47)16-21-12-8-7-9-13-21)36-31(43)28-23-15-10-14-22(23)17-39(28)33(45)27(20(4)5)38-30(42)26(19(2)3)35-18-40/h7-9,12-13,18-20,22-28H,6,10-11,14-17H2,1-5H3,(H,35,40)(H,36,43)(H,37,44)(H,38,42)(H,46,47)/t22-,23-,24?,25+,26+,27-,28?/m0/s1. The lowest BCUT2D eigenvalue weighted by Crippen LogP contribution is -2.60. The van der Waals surface area contributed by atoms with Crippen LogP contribution in [0.25, 0.3) is 0 Å². The van der Waals surface area contributed by atoms with Crippen molar-refractivity contribution in [1.29, 1.82) is 0 Å². The zero-order valence-corrected chi connectivity index (χ0v) is 27.9. The molecular weight excluding hydrogens is 606 g/mol. The van der Waals surface area contributed by atoms with Gasteiger partial charge >= 0.3 is 5.97 Å². The Morgan fingerprint density at radius 3 is 2.15 bits per heavy atom. The topological polar surface area (TPSA) is 191 Å². The van der Waals surface area contributed by atoms with Gasteiger partial charge in [-0.1, -0.05) is 77.8 Å². The van der Waals surface area contributed by atoms with Crippen LogP contribution in [0.5, 0.6) is 0 Å². The van der Waals surface area contributed by atoms with Crippen LogP contribution in [0.3, 0.4) is 0 Å². The van der Waals surface area contributed by atoms with E-state index in [0.717, 1.165) is 12.8 Å². The second-order valence-electron chi connectivity index (χ2n) is 13.3. The van der Waals surface area contributed by atoms with E-state index in [1.807, 2.05) is 0 Å². The monoisotopic (exact) mass is 655 g/mol. The molecule has 3 rings (SSSR count). The summed E-state index contributed by atoms with van der Waals surface area (Å²) >= 11 is 0. The molecular formula is C34H49N5O8. The highest BCUT2D eigenvalue weighted by molar-refractivity contribution is 6.38. The Hall–Kier alpha value is -4.29. The number of fused-ring (bicyclic) bond motifs is 1. The van der Waals surface area contributed by atoms with E-state index in [1.165, 1.54) is 4.90 Å². The molecule has 13 nitrogen and oxygen atoms in total. The summed E-state index contributed by atoms with van der Waals surface area (Å²) in [6.45, 7) is 9.21. The number of nitrogens with zero attached hydrogens (tertiary/aromatic N) is 1. The summed E-state index contributed by atoms with van der Waals surface area (Å²) in [5.41, 5.74) is 0.666. The fourth-order valence-electron chi connectivity index (χ4n) is 6.70. The number of amides is 5. The number of likely N-dealkylation sites (tertiary alicyclic amines) is 1. The van der Waals surface area contributed by atoms with Crippen molar-refractivity contribution < 1.29 is 38.7 Å². The molecule has 1 heterocycles. The van der Waals surface area contributed by atoms with Crippen LogP contribution in [0.2, 0.25) is 0 Å². The van der Waals surface area contributed by atoms with Crippen molar-refractivity contribution in [2.45, 2.75) is 103 Å². The molecule has 258 valence electrons. The number of benzene rings is 1. The third-order valence-electron chi connectivity index (χ3n) is 9.19. The maximum absolute atomic E-state index is 14.1. The highest BCUT2D eigenvalue weighted by Crippen LogP contribution is 2.42. The maximum Gasteiger partial charge on any atom is 0.326 e. The molecule has 13 heteroatoms. The fraction of sp³-hybridized carbons (Fsp3) is 0.618. The van der Waals surface area contributed by atoms with Crippen LogP contribution in [0.4, 0.5) is 0 Å². The van der Waals surface area contributed by atoms with Gasteiger partial charge in [0.05, 0.1) is 6.04 Å². The van der Waals surface area contributed by atoms with E-state index < -0.39 is 65.6 Å². The van der Waals surface area contributed by atoms with Crippen molar-refractivity contribution in [3.63, 3.8) is 0 Å². The number of Topliss-reactive ketones (excluding diaryl/α,β-unsaturated/α-hetero) is 1. The molecule has 2 unspecified atom stereocenters. The summed E-state index contributed by atoms with van der Waals surface area (Å²) in [4.78, 5) is 92.0. The van der Waals surface area contributed by atoms with Gasteiger partial charge < -0.3 is 31.3 Å². The molecule has 47 heavy (non-hydrogen) atoms. The number of nitrogens with one attached hydrogen (secondary N) is 4. The van der Waals surface area contributed by atoms with Gasteiger partial charge in [0.1, 0.15) is 24.2 Å². The van der Waals surface area contributed by atoms with E-state index in [1.54, 1.807) is 65.0 Å². The number of hydrogen-bond donors (Lipinski definition) is 5. The molecule has 1 saturated carbocycles. The van der Waals surface area contributed by atoms with E-state index in [2.05, 4.69) is 21.3 Å². The fourth-order valence-corrected chi connectivity index (χ4v) is 6.70. The lowest BCUT2D eigenvalue weighted by atomic mass is 9.92. The lowest BCUT2D eigenvalue weighted by molar-refractivity contribution is -0.146. The van der Waals surface area contributed by atoms with Crippen LogP contribution in [0.1, 0.15) is 72.3 Å². The van der Waals surface area contributed by atoms with Crippen LogP contribution in [0.15, 0.2) is 30.3 Å². The molecule has 2 aliphatic rings. The molecule has 1 saturated heterocycles. The Labute approximate surface area is 276 Å². The largest absolute Gasteiger partial charge is 0.480 e. The van der Waals surface area contributed by atoms with Gasteiger partial charge in [-0.15, -0.1) is 0 Å². The summed E-state index contributed by atoms with van der Waals surface area (Å²) in [5, 5.41) is 20.0. The molecule has 2 fully saturated rings. The average molecular weight is 656 g/mol. The summed E-state index contributed by atoms with van der Waals surface area (Å²) in [6, 6.07) is 3.39. The van der Waals surface area contributed by atoms with E-state index in [0.29, 0.717) is 31.4 Å².